The van der Waals surface area contributed by atoms with Crippen molar-refractivity contribution in [2.45, 2.75) is 64.5 Å². The van der Waals surface area contributed by atoms with Gasteiger partial charge in [0.15, 0.2) is 0 Å². The van der Waals surface area contributed by atoms with E-state index in [-0.39, 0.29) is 12.0 Å². The van der Waals surface area contributed by atoms with Crippen LogP contribution in [0.4, 0.5) is 0 Å². The van der Waals surface area contributed by atoms with Crippen molar-refractivity contribution in [1.29, 1.82) is 0 Å². The second-order valence-electron chi connectivity index (χ2n) is 5.50. The maximum atomic E-state index is 11.6. The first kappa shape index (κ1) is 15.4. The van der Waals surface area contributed by atoms with Crippen molar-refractivity contribution >= 4 is 5.97 Å². The first-order chi connectivity index (χ1) is 8.53. The van der Waals surface area contributed by atoms with Gasteiger partial charge >= 0.3 is 5.97 Å². The van der Waals surface area contributed by atoms with Crippen molar-refractivity contribution in [1.82, 2.24) is 5.32 Å². The van der Waals surface area contributed by atoms with Crippen LogP contribution in [-0.4, -0.2) is 35.9 Å². The zero-order valence-corrected chi connectivity index (χ0v) is 11.9. The van der Waals surface area contributed by atoms with Gasteiger partial charge in [0.25, 0.3) is 0 Å². The Kier molecular flexibility index (Phi) is 6.09. The molecule has 1 aliphatic carbocycles. The Morgan fingerprint density at radius 2 is 2.28 bits per heavy atom. The number of aliphatic carboxylic acids is 1. The van der Waals surface area contributed by atoms with Crippen molar-refractivity contribution in [3.8, 4) is 0 Å². The lowest BCUT2D eigenvalue weighted by Crippen LogP contribution is -2.55. The SMILES string of the molecule is CCCNC1(C(=O)O)CCCC1CCOC(C)C. The summed E-state index contributed by atoms with van der Waals surface area (Å²) < 4.78 is 5.56. The van der Waals surface area contributed by atoms with E-state index in [0.717, 1.165) is 38.6 Å². The van der Waals surface area contributed by atoms with Gasteiger partial charge in [0.1, 0.15) is 5.54 Å². The molecule has 4 nitrogen and oxygen atoms in total. The standard InChI is InChI=1S/C14H27NO3/c1-4-9-15-14(13(16)17)8-5-6-12(14)7-10-18-11(2)3/h11-12,15H,4-10H2,1-3H3,(H,16,17). The minimum atomic E-state index is -0.712. The average Bonchev–Trinajstić information content (AvgIpc) is 2.70. The lowest BCUT2D eigenvalue weighted by molar-refractivity contribution is -0.147. The molecule has 0 aromatic carbocycles. The maximum absolute atomic E-state index is 11.6. The topological polar surface area (TPSA) is 58.6 Å². The Morgan fingerprint density at radius 3 is 2.83 bits per heavy atom. The van der Waals surface area contributed by atoms with Crippen LogP contribution in [0.2, 0.25) is 0 Å². The molecule has 4 heteroatoms. The summed E-state index contributed by atoms with van der Waals surface area (Å²) in [6.07, 6.45) is 4.74. The lowest BCUT2D eigenvalue weighted by atomic mass is 9.84. The predicted molar refractivity (Wildman–Crippen MR) is 71.7 cm³/mol. The van der Waals surface area contributed by atoms with Crippen LogP contribution in [-0.2, 0) is 9.53 Å². The van der Waals surface area contributed by atoms with E-state index in [4.69, 9.17) is 4.74 Å². The van der Waals surface area contributed by atoms with E-state index in [9.17, 15) is 9.90 Å². The van der Waals surface area contributed by atoms with E-state index >= 15 is 0 Å². The molecule has 2 unspecified atom stereocenters. The fourth-order valence-electron chi connectivity index (χ4n) is 2.85. The Hall–Kier alpha value is -0.610. The molecule has 0 spiro atoms. The van der Waals surface area contributed by atoms with Crippen LogP contribution >= 0.6 is 0 Å². The van der Waals surface area contributed by atoms with E-state index in [1.54, 1.807) is 0 Å². The highest BCUT2D eigenvalue weighted by Crippen LogP contribution is 2.38. The smallest absolute Gasteiger partial charge is 0.324 e. The van der Waals surface area contributed by atoms with Crippen LogP contribution < -0.4 is 5.32 Å². The average molecular weight is 257 g/mol. The number of ether oxygens (including phenoxy) is 1. The van der Waals surface area contributed by atoms with Crippen LogP contribution in [0, 0.1) is 5.92 Å². The fraction of sp³-hybridized carbons (Fsp3) is 0.929. The molecule has 0 heterocycles. The molecule has 1 saturated carbocycles. The summed E-state index contributed by atoms with van der Waals surface area (Å²) >= 11 is 0. The van der Waals surface area contributed by atoms with E-state index in [0.29, 0.717) is 6.61 Å². The zero-order chi connectivity index (χ0) is 13.6. The van der Waals surface area contributed by atoms with Crippen LogP contribution in [0.5, 0.6) is 0 Å². The third-order valence-electron chi connectivity index (χ3n) is 3.81. The summed E-state index contributed by atoms with van der Waals surface area (Å²) in [5.74, 6) is -0.497. The van der Waals surface area contributed by atoms with Gasteiger partial charge in [-0.25, -0.2) is 0 Å². The van der Waals surface area contributed by atoms with Crippen LogP contribution in [0.25, 0.3) is 0 Å². The molecular formula is C14H27NO3. The van der Waals surface area contributed by atoms with Gasteiger partial charge in [0.2, 0.25) is 0 Å². The number of nitrogens with one attached hydrogen (secondary N) is 1. The van der Waals surface area contributed by atoms with E-state index in [2.05, 4.69) is 12.2 Å². The molecule has 0 radical (unpaired) electrons. The minimum absolute atomic E-state index is 0.195. The summed E-state index contributed by atoms with van der Waals surface area (Å²) in [5.41, 5.74) is -0.712. The molecule has 106 valence electrons. The number of hydrogen-bond donors (Lipinski definition) is 2. The molecule has 1 fully saturated rings. The Bertz CT molecular complexity index is 268. The van der Waals surface area contributed by atoms with Gasteiger partial charge in [0, 0.05) is 6.61 Å². The first-order valence-electron chi connectivity index (χ1n) is 7.13. The third kappa shape index (κ3) is 3.69. The van der Waals surface area contributed by atoms with Crippen LogP contribution in [0.15, 0.2) is 0 Å². The summed E-state index contributed by atoms with van der Waals surface area (Å²) in [6.45, 7) is 7.51. The molecule has 18 heavy (non-hydrogen) atoms. The van der Waals surface area contributed by atoms with E-state index in [1.807, 2.05) is 13.8 Å². The Balaban J connectivity index is 2.59. The number of carboxylic acid groups (broad SMARTS) is 1. The van der Waals surface area contributed by atoms with E-state index < -0.39 is 11.5 Å². The largest absolute Gasteiger partial charge is 0.480 e. The van der Waals surface area contributed by atoms with Gasteiger partial charge in [-0.2, -0.15) is 0 Å². The normalized spacial score (nSPS) is 27.9. The third-order valence-corrected chi connectivity index (χ3v) is 3.81. The Morgan fingerprint density at radius 1 is 1.56 bits per heavy atom. The molecule has 0 saturated heterocycles. The highest BCUT2D eigenvalue weighted by Gasteiger charge is 2.48. The minimum Gasteiger partial charge on any atom is -0.480 e. The van der Waals surface area contributed by atoms with Crippen molar-refractivity contribution in [3.63, 3.8) is 0 Å². The Labute approximate surface area is 110 Å². The van der Waals surface area contributed by atoms with Gasteiger partial charge < -0.3 is 15.2 Å². The summed E-state index contributed by atoms with van der Waals surface area (Å²) in [5, 5.41) is 12.8. The number of carbonyl (C=O) groups is 1. The first-order valence-corrected chi connectivity index (χ1v) is 7.13. The second-order valence-corrected chi connectivity index (χ2v) is 5.50. The molecule has 2 atom stereocenters. The fourth-order valence-corrected chi connectivity index (χ4v) is 2.85. The predicted octanol–water partition coefficient (Wildman–Crippen LogP) is 2.42. The van der Waals surface area contributed by atoms with Gasteiger partial charge in [-0.3, -0.25) is 4.79 Å². The van der Waals surface area contributed by atoms with Crippen molar-refractivity contribution in [2.75, 3.05) is 13.2 Å². The molecule has 0 aromatic rings. The monoisotopic (exact) mass is 257 g/mol. The molecule has 0 aromatic heterocycles. The van der Waals surface area contributed by atoms with Crippen LogP contribution in [0.1, 0.15) is 52.9 Å². The van der Waals surface area contributed by atoms with Crippen LogP contribution in [0.3, 0.4) is 0 Å². The van der Waals surface area contributed by atoms with Gasteiger partial charge in [0.05, 0.1) is 6.10 Å². The lowest BCUT2D eigenvalue weighted by Gasteiger charge is -2.32. The summed E-state index contributed by atoms with van der Waals surface area (Å²) in [4.78, 5) is 11.6. The second kappa shape index (κ2) is 7.10. The molecule has 1 rings (SSSR count). The maximum Gasteiger partial charge on any atom is 0.324 e. The summed E-state index contributed by atoms with van der Waals surface area (Å²) in [7, 11) is 0. The molecule has 0 amide bonds. The number of rotatable bonds is 8. The highest BCUT2D eigenvalue weighted by molar-refractivity contribution is 5.79. The highest BCUT2D eigenvalue weighted by atomic mass is 16.5. The van der Waals surface area contributed by atoms with Gasteiger partial charge in [-0.1, -0.05) is 13.3 Å². The molecule has 1 aliphatic rings. The van der Waals surface area contributed by atoms with E-state index in [1.165, 1.54) is 0 Å². The molecule has 0 aliphatic heterocycles. The zero-order valence-electron chi connectivity index (χ0n) is 11.9. The molecular weight excluding hydrogens is 230 g/mol. The number of hydrogen-bond acceptors (Lipinski definition) is 3. The number of carboxylic acids is 1. The van der Waals surface area contributed by atoms with Crippen molar-refractivity contribution in [3.05, 3.63) is 0 Å². The molecule has 2 N–H and O–H groups in total. The van der Waals surface area contributed by atoms with Gasteiger partial charge in [-0.05, 0) is 52.0 Å². The van der Waals surface area contributed by atoms with Crippen molar-refractivity contribution in [2.24, 2.45) is 5.92 Å². The molecule has 0 bridgehead atoms. The summed E-state index contributed by atoms with van der Waals surface area (Å²) in [6, 6.07) is 0. The quantitative estimate of drug-likeness (QED) is 0.701. The van der Waals surface area contributed by atoms with Crippen molar-refractivity contribution < 1.29 is 14.6 Å². The van der Waals surface area contributed by atoms with Gasteiger partial charge in [-0.15, -0.1) is 0 Å².